The number of hydrogen-bond acceptors (Lipinski definition) is 4. The number of para-hydroxylation sites is 1. The van der Waals surface area contributed by atoms with Crippen LogP contribution in [0.3, 0.4) is 0 Å². The number of aliphatic carboxylic acids is 1. The van der Waals surface area contributed by atoms with Gasteiger partial charge in [-0.25, -0.2) is 9.48 Å². The first-order valence-corrected chi connectivity index (χ1v) is 7.17. The smallest absolute Gasteiger partial charge is 0.326 e. The normalized spacial score (nSPS) is 17.7. The van der Waals surface area contributed by atoms with Gasteiger partial charge in [0, 0.05) is 6.54 Å². The van der Waals surface area contributed by atoms with Crippen molar-refractivity contribution in [3.05, 3.63) is 41.2 Å². The summed E-state index contributed by atoms with van der Waals surface area (Å²) in [6.45, 7) is 0.411. The van der Waals surface area contributed by atoms with E-state index in [2.05, 4.69) is 10.3 Å². The number of nitrogens with zero attached hydrogens (tertiary/aromatic N) is 4. The molecular formula is C14H13ClN4O3. The molecule has 0 bridgehead atoms. The third-order valence-corrected chi connectivity index (χ3v) is 3.93. The van der Waals surface area contributed by atoms with E-state index in [1.165, 1.54) is 15.8 Å². The molecule has 7 nitrogen and oxygen atoms in total. The fraction of sp³-hybridized carbons (Fsp3) is 0.286. The molecule has 0 aliphatic carbocycles. The Bertz CT molecular complexity index is 730. The number of benzene rings is 1. The zero-order valence-corrected chi connectivity index (χ0v) is 12.3. The van der Waals surface area contributed by atoms with E-state index in [9.17, 15) is 9.59 Å². The number of amides is 1. The fourth-order valence-electron chi connectivity index (χ4n) is 2.53. The molecule has 1 atom stereocenters. The van der Waals surface area contributed by atoms with Gasteiger partial charge in [-0.2, -0.15) is 0 Å². The van der Waals surface area contributed by atoms with Crippen LogP contribution in [0.15, 0.2) is 30.5 Å². The lowest BCUT2D eigenvalue weighted by Gasteiger charge is -2.19. The van der Waals surface area contributed by atoms with Gasteiger partial charge in [0.25, 0.3) is 5.91 Å². The monoisotopic (exact) mass is 320 g/mol. The number of rotatable bonds is 3. The minimum absolute atomic E-state index is 0.105. The van der Waals surface area contributed by atoms with Gasteiger partial charge in [-0.05, 0) is 25.0 Å². The first kappa shape index (κ1) is 14.5. The van der Waals surface area contributed by atoms with Crippen LogP contribution in [0.4, 0.5) is 0 Å². The number of likely N-dealkylation sites (tertiary alicyclic amines) is 1. The van der Waals surface area contributed by atoms with Crippen molar-refractivity contribution < 1.29 is 14.7 Å². The van der Waals surface area contributed by atoms with Crippen LogP contribution in [0, 0.1) is 0 Å². The zero-order chi connectivity index (χ0) is 15.7. The van der Waals surface area contributed by atoms with Gasteiger partial charge >= 0.3 is 5.97 Å². The maximum Gasteiger partial charge on any atom is 0.326 e. The molecule has 3 rings (SSSR count). The predicted molar refractivity (Wildman–Crippen MR) is 78.1 cm³/mol. The molecule has 1 saturated heterocycles. The third-order valence-electron chi connectivity index (χ3n) is 3.61. The van der Waals surface area contributed by atoms with Gasteiger partial charge < -0.3 is 10.0 Å². The van der Waals surface area contributed by atoms with E-state index in [1.54, 1.807) is 24.3 Å². The maximum atomic E-state index is 12.4. The molecule has 2 aromatic rings. The predicted octanol–water partition coefficient (Wildman–Crippen LogP) is 1.61. The Kier molecular flexibility index (Phi) is 3.81. The average Bonchev–Trinajstić information content (AvgIpc) is 3.16. The average molecular weight is 321 g/mol. The van der Waals surface area contributed by atoms with Crippen molar-refractivity contribution in [3.63, 3.8) is 0 Å². The number of aromatic nitrogens is 3. The fourth-order valence-corrected chi connectivity index (χ4v) is 2.75. The number of carbonyl (C=O) groups excluding carboxylic acids is 1. The Balaban J connectivity index is 1.86. The summed E-state index contributed by atoms with van der Waals surface area (Å²) >= 11 is 6.08. The van der Waals surface area contributed by atoms with E-state index in [4.69, 9.17) is 16.7 Å². The van der Waals surface area contributed by atoms with E-state index in [1.807, 2.05) is 0 Å². The Morgan fingerprint density at radius 2 is 2.09 bits per heavy atom. The van der Waals surface area contributed by atoms with Crippen LogP contribution in [0.2, 0.25) is 5.02 Å². The molecule has 0 unspecified atom stereocenters. The minimum atomic E-state index is -0.996. The molecule has 0 radical (unpaired) electrons. The molecule has 0 saturated carbocycles. The molecule has 1 N–H and O–H groups in total. The van der Waals surface area contributed by atoms with E-state index in [-0.39, 0.29) is 5.69 Å². The van der Waals surface area contributed by atoms with Crippen LogP contribution >= 0.6 is 11.6 Å². The van der Waals surface area contributed by atoms with Crippen molar-refractivity contribution in [2.45, 2.75) is 18.9 Å². The van der Waals surface area contributed by atoms with Gasteiger partial charge in [-0.15, -0.1) is 5.10 Å². The molecule has 2 heterocycles. The van der Waals surface area contributed by atoms with Gasteiger partial charge in [0.05, 0.1) is 16.9 Å². The molecule has 0 spiro atoms. The lowest BCUT2D eigenvalue weighted by Crippen LogP contribution is -2.40. The van der Waals surface area contributed by atoms with Gasteiger partial charge in [0.2, 0.25) is 0 Å². The lowest BCUT2D eigenvalue weighted by molar-refractivity contribution is -0.141. The van der Waals surface area contributed by atoms with Crippen molar-refractivity contribution in [1.82, 2.24) is 19.9 Å². The lowest BCUT2D eigenvalue weighted by atomic mass is 10.2. The third kappa shape index (κ3) is 2.55. The first-order chi connectivity index (χ1) is 10.6. The largest absolute Gasteiger partial charge is 0.480 e. The van der Waals surface area contributed by atoms with Crippen molar-refractivity contribution in [2.75, 3.05) is 6.54 Å². The number of hydrogen-bond donors (Lipinski definition) is 1. The second kappa shape index (κ2) is 5.76. The van der Waals surface area contributed by atoms with Gasteiger partial charge in [0.1, 0.15) is 6.04 Å². The van der Waals surface area contributed by atoms with Crippen LogP contribution in [-0.4, -0.2) is 49.5 Å². The van der Waals surface area contributed by atoms with E-state index < -0.39 is 17.9 Å². The molecule has 8 heteroatoms. The van der Waals surface area contributed by atoms with E-state index >= 15 is 0 Å². The molecule has 22 heavy (non-hydrogen) atoms. The first-order valence-electron chi connectivity index (χ1n) is 6.79. The summed E-state index contributed by atoms with van der Waals surface area (Å²) in [5.74, 6) is -1.42. The Labute approximate surface area is 131 Å². The highest BCUT2D eigenvalue weighted by Gasteiger charge is 2.35. The SMILES string of the molecule is O=C(O)[C@@H]1CCCN1C(=O)c1cn(-c2ccccc2Cl)nn1. The van der Waals surface area contributed by atoms with Crippen molar-refractivity contribution in [1.29, 1.82) is 0 Å². The summed E-state index contributed by atoms with van der Waals surface area (Å²) in [5, 5.41) is 17.4. The number of halogens is 1. The zero-order valence-electron chi connectivity index (χ0n) is 11.5. The summed E-state index contributed by atoms with van der Waals surface area (Å²) in [6.07, 6.45) is 2.59. The topological polar surface area (TPSA) is 88.3 Å². The van der Waals surface area contributed by atoms with Gasteiger partial charge in [-0.3, -0.25) is 4.79 Å². The standard InChI is InChI=1S/C14H13ClN4O3/c15-9-4-1-2-5-11(9)19-8-10(16-17-19)13(20)18-7-3-6-12(18)14(21)22/h1-2,4-5,8,12H,3,6-7H2,(H,21,22)/t12-/m0/s1. The molecule has 1 fully saturated rings. The molecule has 114 valence electrons. The highest BCUT2D eigenvalue weighted by Crippen LogP contribution is 2.21. The number of carboxylic acids is 1. The quantitative estimate of drug-likeness (QED) is 0.928. The van der Waals surface area contributed by atoms with E-state index in [0.717, 1.165) is 0 Å². The van der Waals surface area contributed by atoms with Gasteiger partial charge in [0.15, 0.2) is 5.69 Å². The van der Waals surface area contributed by atoms with Crippen molar-refractivity contribution >= 4 is 23.5 Å². The Morgan fingerprint density at radius 1 is 1.32 bits per heavy atom. The molecule has 1 aromatic heterocycles. The van der Waals surface area contributed by atoms with Crippen LogP contribution in [-0.2, 0) is 4.79 Å². The summed E-state index contributed by atoms with van der Waals surface area (Å²) in [4.78, 5) is 24.9. The minimum Gasteiger partial charge on any atom is -0.480 e. The maximum absolute atomic E-state index is 12.4. The van der Waals surface area contributed by atoms with Gasteiger partial charge in [-0.1, -0.05) is 28.9 Å². The molecule has 1 aliphatic heterocycles. The summed E-state index contributed by atoms with van der Waals surface area (Å²) < 4.78 is 1.40. The molecular weight excluding hydrogens is 308 g/mol. The Morgan fingerprint density at radius 3 is 2.82 bits per heavy atom. The molecule has 1 aliphatic rings. The van der Waals surface area contributed by atoms with Crippen LogP contribution < -0.4 is 0 Å². The molecule has 1 amide bonds. The summed E-state index contributed by atoms with van der Waals surface area (Å²) in [5.41, 5.74) is 0.708. The van der Waals surface area contributed by atoms with Crippen LogP contribution in [0.1, 0.15) is 23.3 Å². The second-order valence-corrected chi connectivity index (χ2v) is 5.40. The highest BCUT2D eigenvalue weighted by atomic mass is 35.5. The second-order valence-electron chi connectivity index (χ2n) is 4.99. The van der Waals surface area contributed by atoms with E-state index in [0.29, 0.717) is 30.1 Å². The Hall–Kier alpha value is -2.41. The molecule has 1 aromatic carbocycles. The van der Waals surface area contributed by atoms with Crippen LogP contribution in [0.5, 0.6) is 0 Å². The number of carboxylic acid groups (broad SMARTS) is 1. The van der Waals surface area contributed by atoms with Crippen molar-refractivity contribution in [3.8, 4) is 5.69 Å². The summed E-state index contributed by atoms with van der Waals surface area (Å²) in [6, 6.07) is 6.25. The summed E-state index contributed by atoms with van der Waals surface area (Å²) in [7, 11) is 0. The number of carbonyl (C=O) groups is 2. The van der Waals surface area contributed by atoms with Crippen molar-refractivity contribution in [2.24, 2.45) is 0 Å². The van der Waals surface area contributed by atoms with Crippen LogP contribution in [0.25, 0.3) is 5.69 Å². The highest BCUT2D eigenvalue weighted by molar-refractivity contribution is 6.32.